The van der Waals surface area contributed by atoms with Gasteiger partial charge in [-0.2, -0.15) is 0 Å². The minimum absolute atomic E-state index is 0.0788. The smallest absolute Gasteiger partial charge is 0.302 e. The highest BCUT2D eigenvalue weighted by Gasteiger charge is 2.61. The van der Waals surface area contributed by atoms with Gasteiger partial charge in [0.15, 0.2) is 0 Å². The molecule has 38 heavy (non-hydrogen) atoms. The van der Waals surface area contributed by atoms with Crippen LogP contribution in [0.3, 0.4) is 0 Å². The molecule has 4 saturated carbocycles. The SMILES string of the molecule is CC(=O)O[C@H]1CC[C@@]2(C)C(=C[C@H](NC3CCCCC3)[C@H]3[C@@H]4CC[C@H]([C@@H](C)CCCC(C)C)[C@@]4(C)CC[C@@H]32)C1. The summed E-state index contributed by atoms with van der Waals surface area (Å²) in [5.41, 5.74) is 2.40. The minimum atomic E-state index is -0.113. The molecule has 9 atom stereocenters. The molecule has 1 N–H and O–H groups in total. The molecule has 0 heterocycles. The molecule has 0 aromatic heterocycles. The number of rotatable bonds is 8. The summed E-state index contributed by atoms with van der Waals surface area (Å²) >= 11 is 0. The Labute approximate surface area is 234 Å². The first-order chi connectivity index (χ1) is 18.1. The van der Waals surface area contributed by atoms with E-state index in [4.69, 9.17) is 4.74 Å². The molecule has 0 saturated heterocycles. The van der Waals surface area contributed by atoms with Gasteiger partial charge in [-0.3, -0.25) is 4.79 Å². The van der Waals surface area contributed by atoms with Crippen LogP contribution in [0.4, 0.5) is 0 Å². The molecule has 4 fully saturated rings. The summed E-state index contributed by atoms with van der Waals surface area (Å²) in [6.07, 6.45) is 22.8. The molecule has 0 amide bonds. The van der Waals surface area contributed by atoms with Crippen molar-refractivity contribution in [3.8, 4) is 0 Å². The maximum absolute atomic E-state index is 11.8. The van der Waals surface area contributed by atoms with Crippen LogP contribution in [0.5, 0.6) is 0 Å². The first-order valence-electron chi connectivity index (χ1n) is 16.8. The third-order valence-electron chi connectivity index (χ3n) is 12.7. The number of carbonyl (C=O) groups is 1. The normalized spacial score (nSPS) is 42.1. The first-order valence-corrected chi connectivity index (χ1v) is 16.8. The predicted octanol–water partition coefficient (Wildman–Crippen LogP) is 8.86. The second-order valence-electron chi connectivity index (χ2n) is 15.4. The van der Waals surface area contributed by atoms with Crippen molar-refractivity contribution >= 4 is 5.97 Å². The fraction of sp³-hybridized carbons (Fsp3) is 0.914. The van der Waals surface area contributed by atoms with Gasteiger partial charge in [-0.15, -0.1) is 0 Å². The van der Waals surface area contributed by atoms with Crippen LogP contribution in [0.15, 0.2) is 11.6 Å². The summed E-state index contributed by atoms with van der Waals surface area (Å²) < 4.78 is 5.78. The third kappa shape index (κ3) is 5.53. The number of hydrogen-bond acceptors (Lipinski definition) is 3. The molecular formula is C35H59NO2. The molecule has 0 bridgehead atoms. The van der Waals surface area contributed by atoms with Gasteiger partial charge in [0.1, 0.15) is 6.10 Å². The fourth-order valence-electron chi connectivity index (χ4n) is 10.7. The van der Waals surface area contributed by atoms with Crippen LogP contribution in [0.1, 0.15) is 138 Å². The second-order valence-corrected chi connectivity index (χ2v) is 15.4. The molecule has 3 heteroatoms. The number of ether oxygens (including phenoxy) is 1. The molecule has 216 valence electrons. The number of hydrogen-bond donors (Lipinski definition) is 1. The van der Waals surface area contributed by atoms with Crippen LogP contribution in [0.25, 0.3) is 0 Å². The monoisotopic (exact) mass is 525 g/mol. The van der Waals surface area contributed by atoms with Gasteiger partial charge in [0.25, 0.3) is 0 Å². The van der Waals surface area contributed by atoms with Crippen molar-refractivity contribution < 1.29 is 9.53 Å². The maximum Gasteiger partial charge on any atom is 0.302 e. The molecule has 0 unspecified atom stereocenters. The van der Waals surface area contributed by atoms with Crippen LogP contribution in [-0.2, 0) is 9.53 Å². The van der Waals surface area contributed by atoms with E-state index in [-0.39, 0.29) is 17.5 Å². The van der Waals surface area contributed by atoms with Crippen molar-refractivity contribution in [1.82, 2.24) is 5.32 Å². The average molecular weight is 526 g/mol. The molecule has 5 aliphatic rings. The van der Waals surface area contributed by atoms with Gasteiger partial charge in [0.05, 0.1) is 0 Å². The average Bonchev–Trinajstić information content (AvgIpc) is 3.22. The van der Waals surface area contributed by atoms with Crippen LogP contribution < -0.4 is 5.32 Å². The van der Waals surface area contributed by atoms with E-state index in [9.17, 15) is 4.79 Å². The quantitative estimate of drug-likeness (QED) is 0.254. The molecule has 0 aromatic carbocycles. The summed E-state index contributed by atoms with van der Waals surface area (Å²) in [5, 5.41) is 4.30. The molecule has 3 nitrogen and oxygen atoms in total. The Hall–Kier alpha value is -0.830. The van der Waals surface area contributed by atoms with E-state index in [0.717, 1.165) is 48.3 Å². The van der Waals surface area contributed by atoms with Crippen molar-refractivity contribution in [2.24, 2.45) is 46.3 Å². The molecule has 0 aromatic rings. The van der Waals surface area contributed by atoms with E-state index < -0.39 is 0 Å². The van der Waals surface area contributed by atoms with E-state index in [1.165, 1.54) is 83.5 Å². The summed E-state index contributed by atoms with van der Waals surface area (Å²) in [5.74, 6) is 4.86. The number of fused-ring (bicyclic) bond motifs is 5. The van der Waals surface area contributed by atoms with Gasteiger partial charge in [-0.25, -0.2) is 0 Å². The summed E-state index contributed by atoms with van der Waals surface area (Å²) in [6, 6.07) is 1.19. The van der Waals surface area contributed by atoms with Crippen molar-refractivity contribution in [2.45, 2.75) is 156 Å². The van der Waals surface area contributed by atoms with E-state index in [1.54, 1.807) is 12.5 Å². The van der Waals surface area contributed by atoms with Gasteiger partial charge in [0, 0.05) is 25.4 Å². The highest BCUT2D eigenvalue weighted by molar-refractivity contribution is 5.66. The van der Waals surface area contributed by atoms with E-state index in [2.05, 4.69) is 46.0 Å². The van der Waals surface area contributed by atoms with Crippen molar-refractivity contribution in [2.75, 3.05) is 0 Å². The van der Waals surface area contributed by atoms with Crippen molar-refractivity contribution in [3.63, 3.8) is 0 Å². The Morgan fingerprint density at radius 3 is 2.45 bits per heavy atom. The van der Waals surface area contributed by atoms with Crippen molar-refractivity contribution in [1.29, 1.82) is 0 Å². The lowest BCUT2D eigenvalue weighted by molar-refractivity contribution is -0.149. The molecule has 5 aliphatic carbocycles. The van der Waals surface area contributed by atoms with E-state index in [1.807, 2.05) is 0 Å². The van der Waals surface area contributed by atoms with Crippen molar-refractivity contribution in [3.05, 3.63) is 11.6 Å². The predicted molar refractivity (Wildman–Crippen MR) is 158 cm³/mol. The Kier molecular flexibility index (Phi) is 8.74. The van der Waals surface area contributed by atoms with Crippen LogP contribution in [-0.4, -0.2) is 24.2 Å². The molecule has 0 spiro atoms. The van der Waals surface area contributed by atoms with Gasteiger partial charge >= 0.3 is 5.97 Å². The van der Waals surface area contributed by atoms with Crippen LogP contribution in [0.2, 0.25) is 0 Å². The Balaban J connectivity index is 1.41. The summed E-state index contributed by atoms with van der Waals surface area (Å²) in [7, 11) is 0. The Bertz CT molecular complexity index is 858. The first kappa shape index (κ1) is 28.7. The number of esters is 1. The highest BCUT2D eigenvalue weighted by atomic mass is 16.5. The number of nitrogens with one attached hydrogen (secondary N) is 1. The summed E-state index contributed by atoms with van der Waals surface area (Å²) in [6.45, 7) is 14.3. The van der Waals surface area contributed by atoms with Gasteiger partial charge < -0.3 is 10.1 Å². The Morgan fingerprint density at radius 2 is 1.74 bits per heavy atom. The zero-order chi connectivity index (χ0) is 27.1. The standard InChI is InChI=1S/C35H59NO2/c1-23(2)11-10-12-24(3)29-15-16-30-33-31(18-20-35(29,30)6)34(5)19-17-28(38-25(4)37)21-26(34)22-32(33)36-27-13-8-7-9-14-27/h22-24,27-33,36H,7-21H2,1-6H3/t24-,28-,29+,30-,31-,32-,33-,34-,35+/m0/s1. The lowest BCUT2D eigenvalue weighted by Gasteiger charge is -2.60. The highest BCUT2D eigenvalue weighted by Crippen LogP contribution is 2.67. The zero-order valence-corrected chi connectivity index (χ0v) is 25.7. The second kappa shape index (κ2) is 11.6. The Morgan fingerprint density at radius 1 is 0.974 bits per heavy atom. The summed E-state index contributed by atoms with van der Waals surface area (Å²) in [4.78, 5) is 11.8. The molecular weight excluding hydrogens is 466 g/mol. The van der Waals surface area contributed by atoms with E-state index in [0.29, 0.717) is 17.5 Å². The molecule has 0 radical (unpaired) electrons. The minimum Gasteiger partial charge on any atom is -0.462 e. The lowest BCUT2D eigenvalue weighted by Crippen LogP contribution is -2.59. The molecule has 0 aliphatic heterocycles. The largest absolute Gasteiger partial charge is 0.462 e. The topological polar surface area (TPSA) is 38.3 Å². The zero-order valence-electron chi connectivity index (χ0n) is 25.7. The van der Waals surface area contributed by atoms with Gasteiger partial charge in [-0.1, -0.05) is 84.8 Å². The van der Waals surface area contributed by atoms with E-state index >= 15 is 0 Å². The van der Waals surface area contributed by atoms with Crippen LogP contribution >= 0.6 is 0 Å². The van der Waals surface area contributed by atoms with Gasteiger partial charge in [-0.05, 0) is 97.7 Å². The number of carbonyl (C=O) groups excluding carboxylic acids is 1. The third-order valence-corrected chi connectivity index (χ3v) is 12.7. The fourth-order valence-corrected chi connectivity index (χ4v) is 10.7. The molecule has 5 rings (SSSR count). The van der Waals surface area contributed by atoms with Crippen LogP contribution in [0, 0.1) is 46.3 Å². The van der Waals surface area contributed by atoms with Gasteiger partial charge in [0.2, 0.25) is 0 Å². The maximum atomic E-state index is 11.8. The lowest BCUT2D eigenvalue weighted by atomic mass is 9.46.